The Balaban J connectivity index is 1.34. The molecule has 43 heavy (non-hydrogen) atoms. The van der Waals surface area contributed by atoms with Crippen LogP contribution < -0.4 is 4.90 Å². The highest BCUT2D eigenvalue weighted by atomic mass is 15.3. The molecule has 0 saturated carbocycles. The van der Waals surface area contributed by atoms with E-state index in [1.54, 1.807) is 0 Å². The monoisotopic (exact) mass is 549 g/mol. The van der Waals surface area contributed by atoms with Gasteiger partial charge in [0.1, 0.15) is 0 Å². The van der Waals surface area contributed by atoms with E-state index in [0.717, 1.165) is 35.0 Å². The van der Waals surface area contributed by atoms with Crippen molar-refractivity contribution < 1.29 is 0 Å². The van der Waals surface area contributed by atoms with Crippen molar-refractivity contribution >= 4 is 39.0 Å². The van der Waals surface area contributed by atoms with Gasteiger partial charge in [0, 0.05) is 22.3 Å². The summed E-state index contributed by atoms with van der Waals surface area (Å²) in [6.07, 6.45) is 2.26. The Labute approximate surface area is 250 Å². The molecule has 0 N–H and O–H groups in total. The first-order chi connectivity index (χ1) is 21.3. The molecule has 7 aromatic rings. The molecular weight excluding hydrogens is 522 g/mol. The number of nitrogens with zero attached hydrogens (tertiary/aromatic N) is 3. The van der Waals surface area contributed by atoms with Crippen LogP contribution in [0.2, 0.25) is 0 Å². The van der Waals surface area contributed by atoms with Crippen LogP contribution in [0.25, 0.3) is 32.9 Å². The lowest BCUT2D eigenvalue weighted by Gasteiger charge is -2.54. The highest BCUT2D eigenvalue weighted by Gasteiger charge is 2.54. The van der Waals surface area contributed by atoms with Gasteiger partial charge in [-0.3, -0.25) is 4.90 Å². The Kier molecular flexibility index (Phi) is 4.55. The van der Waals surface area contributed by atoms with E-state index < -0.39 is 0 Å². The smallest absolute Gasteiger partial charge is 0.235 e. The van der Waals surface area contributed by atoms with Gasteiger partial charge in [-0.25, -0.2) is 9.97 Å². The lowest BCUT2D eigenvalue weighted by Crippen LogP contribution is -2.45. The highest BCUT2D eigenvalue weighted by Crippen LogP contribution is 2.66. The van der Waals surface area contributed by atoms with E-state index in [4.69, 9.17) is 9.97 Å². The van der Waals surface area contributed by atoms with E-state index in [0.29, 0.717) is 11.9 Å². The van der Waals surface area contributed by atoms with Gasteiger partial charge in [0.15, 0.2) is 0 Å². The van der Waals surface area contributed by atoms with Gasteiger partial charge in [-0.1, -0.05) is 109 Å². The minimum absolute atomic E-state index is 0.202. The zero-order valence-electron chi connectivity index (χ0n) is 23.5. The number of hydrogen-bond acceptors (Lipinski definition) is 3. The molecule has 0 amide bonds. The standard InChI is InChI=1S/C40H27N3/c1-2-11-25(12-3-1)38-31-16-7-9-19-34(31)41-39(42-38)43-35-20-10-17-30-28-21-22-40(37(30)35,32-18-8-6-15-29(28)32)33-23-26-13-4-5-14-27(26)24-36(33)43/h1-20,23-24,28H,21-22H2. The molecule has 11 rings (SSSR count). The summed E-state index contributed by atoms with van der Waals surface area (Å²) in [4.78, 5) is 13.0. The molecule has 3 heteroatoms. The first kappa shape index (κ1) is 23.3. The summed E-state index contributed by atoms with van der Waals surface area (Å²) in [6.45, 7) is 0. The molecule has 3 aliphatic carbocycles. The van der Waals surface area contributed by atoms with Crippen LogP contribution in [0, 0.1) is 0 Å². The van der Waals surface area contributed by atoms with Crippen molar-refractivity contribution in [3.63, 3.8) is 0 Å². The molecule has 4 aliphatic rings. The van der Waals surface area contributed by atoms with Crippen molar-refractivity contribution in [2.24, 2.45) is 0 Å². The Morgan fingerprint density at radius 2 is 1.35 bits per heavy atom. The second kappa shape index (κ2) is 8.39. The van der Waals surface area contributed by atoms with Crippen LogP contribution in [0.3, 0.4) is 0 Å². The maximum absolute atomic E-state index is 5.39. The fraction of sp³-hybridized carbons (Fsp3) is 0.100. The summed E-state index contributed by atoms with van der Waals surface area (Å²) >= 11 is 0. The summed E-state index contributed by atoms with van der Waals surface area (Å²) in [5.74, 6) is 1.13. The molecule has 202 valence electrons. The first-order valence-corrected chi connectivity index (χ1v) is 15.2. The normalized spacial score (nSPS) is 19.3. The third-order valence-corrected chi connectivity index (χ3v) is 10.1. The summed E-state index contributed by atoms with van der Waals surface area (Å²) in [7, 11) is 0. The first-order valence-electron chi connectivity index (χ1n) is 15.2. The van der Waals surface area contributed by atoms with Crippen molar-refractivity contribution in [2.45, 2.75) is 24.2 Å². The van der Waals surface area contributed by atoms with E-state index in [-0.39, 0.29) is 5.41 Å². The van der Waals surface area contributed by atoms with E-state index in [2.05, 4.69) is 138 Å². The predicted octanol–water partition coefficient (Wildman–Crippen LogP) is 9.81. The highest BCUT2D eigenvalue weighted by molar-refractivity contribution is 5.98. The van der Waals surface area contributed by atoms with Crippen LogP contribution in [0.15, 0.2) is 133 Å². The van der Waals surface area contributed by atoms with Crippen LogP contribution >= 0.6 is 0 Å². The number of aromatic nitrogens is 2. The molecule has 2 heterocycles. The SMILES string of the molecule is c1ccc(-c2nc(N3c4cc5ccccc5cc4C45CCC(c6ccccc64)c4cccc3c45)nc3ccccc23)cc1. The quantitative estimate of drug-likeness (QED) is 0.215. The maximum Gasteiger partial charge on any atom is 0.235 e. The van der Waals surface area contributed by atoms with Gasteiger partial charge in [0.25, 0.3) is 0 Å². The molecule has 2 unspecified atom stereocenters. The number of para-hydroxylation sites is 1. The molecule has 2 bridgehead atoms. The number of fused-ring (bicyclic) bond motifs is 4. The average molecular weight is 550 g/mol. The predicted molar refractivity (Wildman–Crippen MR) is 175 cm³/mol. The van der Waals surface area contributed by atoms with Gasteiger partial charge in [-0.05, 0) is 75.7 Å². The van der Waals surface area contributed by atoms with Crippen molar-refractivity contribution in [3.05, 3.63) is 161 Å². The molecule has 1 aromatic heterocycles. The summed E-state index contributed by atoms with van der Waals surface area (Å²) in [6, 6.07) is 48.6. The van der Waals surface area contributed by atoms with Crippen molar-refractivity contribution in [3.8, 4) is 11.3 Å². The van der Waals surface area contributed by atoms with Gasteiger partial charge in [-0.15, -0.1) is 0 Å². The topological polar surface area (TPSA) is 29.0 Å². The number of benzene rings is 6. The lowest BCUT2D eigenvalue weighted by molar-refractivity contribution is 0.425. The minimum atomic E-state index is -0.202. The largest absolute Gasteiger partial charge is 0.278 e. The van der Waals surface area contributed by atoms with E-state index in [1.165, 1.54) is 50.0 Å². The molecule has 0 fully saturated rings. The van der Waals surface area contributed by atoms with Crippen molar-refractivity contribution in [1.29, 1.82) is 0 Å². The van der Waals surface area contributed by atoms with Gasteiger partial charge < -0.3 is 0 Å². The molecule has 0 saturated heterocycles. The summed E-state index contributed by atoms with van der Waals surface area (Å²) in [5, 5.41) is 3.56. The van der Waals surface area contributed by atoms with E-state index in [1.807, 2.05) is 0 Å². The number of hydrogen-bond donors (Lipinski definition) is 0. The third kappa shape index (κ3) is 2.99. The number of anilines is 3. The molecule has 0 radical (unpaired) electrons. The van der Waals surface area contributed by atoms with Crippen LogP contribution in [0.5, 0.6) is 0 Å². The fourth-order valence-electron chi connectivity index (χ4n) is 8.42. The van der Waals surface area contributed by atoms with E-state index in [9.17, 15) is 0 Å². The Morgan fingerprint density at radius 1 is 0.605 bits per heavy atom. The molecule has 3 nitrogen and oxygen atoms in total. The molecule has 2 atom stereocenters. The van der Waals surface area contributed by atoms with Crippen molar-refractivity contribution in [1.82, 2.24) is 9.97 Å². The van der Waals surface area contributed by atoms with Crippen LogP contribution in [0.4, 0.5) is 17.3 Å². The Bertz CT molecular complexity index is 2270. The molecule has 1 spiro atoms. The molecular formula is C40H27N3. The fourth-order valence-corrected chi connectivity index (χ4v) is 8.42. The van der Waals surface area contributed by atoms with Gasteiger partial charge in [-0.2, -0.15) is 0 Å². The van der Waals surface area contributed by atoms with Gasteiger partial charge in [0.2, 0.25) is 5.95 Å². The Morgan fingerprint density at radius 3 is 2.26 bits per heavy atom. The lowest BCUT2D eigenvalue weighted by atomic mass is 9.51. The maximum atomic E-state index is 5.39. The minimum Gasteiger partial charge on any atom is -0.278 e. The number of rotatable bonds is 2. The Hall–Kier alpha value is -5.28. The zero-order valence-corrected chi connectivity index (χ0v) is 23.5. The van der Waals surface area contributed by atoms with Gasteiger partial charge in [0.05, 0.1) is 22.6 Å². The zero-order chi connectivity index (χ0) is 28.1. The van der Waals surface area contributed by atoms with Crippen LogP contribution in [0.1, 0.15) is 46.6 Å². The van der Waals surface area contributed by atoms with Gasteiger partial charge >= 0.3 is 0 Å². The second-order valence-electron chi connectivity index (χ2n) is 12.1. The molecule has 6 aromatic carbocycles. The second-order valence-corrected chi connectivity index (χ2v) is 12.1. The molecule has 1 aliphatic heterocycles. The summed E-state index contributed by atoms with van der Waals surface area (Å²) in [5.41, 5.74) is 12.4. The van der Waals surface area contributed by atoms with Crippen LogP contribution in [-0.2, 0) is 5.41 Å². The van der Waals surface area contributed by atoms with Crippen molar-refractivity contribution in [2.75, 3.05) is 4.90 Å². The average Bonchev–Trinajstić information content (AvgIpc) is 3.08. The summed E-state index contributed by atoms with van der Waals surface area (Å²) < 4.78 is 0. The third-order valence-electron chi connectivity index (χ3n) is 10.1. The van der Waals surface area contributed by atoms with Crippen LogP contribution in [-0.4, -0.2) is 9.97 Å². The van der Waals surface area contributed by atoms with E-state index >= 15 is 0 Å².